The van der Waals surface area contributed by atoms with Crippen molar-refractivity contribution in [3.8, 4) is 11.5 Å². The van der Waals surface area contributed by atoms with Crippen LogP contribution in [0.15, 0.2) is 101 Å². The number of halogens is 1. The number of nitrogens with zero attached hydrogens (tertiary/aromatic N) is 3. The molecule has 4 rings (SSSR count). The van der Waals surface area contributed by atoms with E-state index in [1.807, 2.05) is 30.3 Å². The molecule has 0 aliphatic rings. The second kappa shape index (κ2) is 10.5. The molecule has 1 aromatic heterocycles. The van der Waals surface area contributed by atoms with E-state index in [9.17, 15) is 13.2 Å². The van der Waals surface area contributed by atoms with Gasteiger partial charge in [0.15, 0.2) is 6.61 Å². The summed E-state index contributed by atoms with van der Waals surface area (Å²) in [7, 11) is -4.01. The third kappa shape index (κ3) is 5.59. The smallest absolute Gasteiger partial charge is 0.338 e. The third-order valence-electron chi connectivity index (χ3n) is 4.88. The van der Waals surface area contributed by atoms with Crippen LogP contribution in [-0.4, -0.2) is 31.1 Å². The molecule has 0 unspecified atom stereocenters. The molecular formula is C25H20ClN3O5S. The van der Waals surface area contributed by atoms with E-state index >= 15 is 0 Å². The maximum atomic E-state index is 13.4. The van der Waals surface area contributed by atoms with Crippen molar-refractivity contribution in [2.75, 3.05) is 10.8 Å². The first-order chi connectivity index (χ1) is 16.9. The summed E-state index contributed by atoms with van der Waals surface area (Å²) < 4.78 is 38.7. The highest BCUT2D eigenvalue weighted by atomic mass is 35.5. The van der Waals surface area contributed by atoms with Gasteiger partial charge in [-0.05, 0) is 54.6 Å². The van der Waals surface area contributed by atoms with Crippen molar-refractivity contribution >= 4 is 33.3 Å². The van der Waals surface area contributed by atoms with Gasteiger partial charge in [-0.3, -0.25) is 4.31 Å². The van der Waals surface area contributed by atoms with Crippen LogP contribution in [0.5, 0.6) is 0 Å². The molecule has 178 valence electrons. The quantitative estimate of drug-likeness (QED) is 0.227. The zero-order valence-electron chi connectivity index (χ0n) is 18.4. The van der Waals surface area contributed by atoms with Crippen LogP contribution in [0.2, 0.25) is 5.02 Å². The number of rotatable bonds is 9. The molecule has 4 aromatic rings. The molecule has 0 bridgehead atoms. The van der Waals surface area contributed by atoms with Crippen LogP contribution in [0, 0.1) is 0 Å². The Morgan fingerprint density at radius 3 is 2.49 bits per heavy atom. The Balaban J connectivity index is 1.50. The summed E-state index contributed by atoms with van der Waals surface area (Å²) in [4.78, 5) is 12.5. The lowest BCUT2D eigenvalue weighted by atomic mass is 10.2. The molecule has 0 amide bonds. The van der Waals surface area contributed by atoms with E-state index in [4.69, 9.17) is 20.8 Å². The fraction of sp³-hybridized carbons (Fsp3) is 0.0800. The first kappa shape index (κ1) is 24.2. The number of carbonyl (C=O) groups is 1. The van der Waals surface area contributed by atoms with Crippen LogP contribution >= 0.6 is 11.6 Å². The van der Waals surface area contributed by atoms with E-state index in [2.05, 4.69) is 16.8 Å². The minimum Gasteiger partial charge on any atom is -0.452 e. The molecule has 0 spiro atoms. The fourth-order valence-corrected chi connectivity index (χ4v) is 4.81. The molecule has 35 heavy (non-hydrogen) atoms. The number of hydrogen-bond acceptors (Lipinski definition) is 7. The summed E-state index contributed by atoms with van der Waals surface area (Å²) in [5.41, 5.74) is 1.21. The third-order valence-corrected chi connectivity index (χ3v) is 6.92. The van der Waals surface area contributed by atoms with E-state index < -0.39 is 16.0 Å². The molecule has 0 aliphatic heterocycles. The van der Waals surface area contributed by atoms with Crippen LogP contribution in [0.25, 0.3) is 11.5 Å². The molecular weight excluding hydrogens is 490 g/mol. The highest BCUT2D eigenvalue weighted by molar-refractivity contribution is 7.92. The number of aromatic nitrogens is 2. The lowest BCUT2D eigenvalue weighted by molar-refractivity contribution is 0.0438. The number of benzene rings is 3. The largest absolute Gasteiger partial charge is 0.452 e. The summed E-state index contributed by atoms with van der Waals surface area (Å²) in [6, 6.07) is 21.1. The topological polar surface area (TPSA) is 103 Å². The lowest BCUT2D eigenvalue weighted by Gasteiger charge is -2.23. The van der Waals surface area contributed by atoms with Gasteiger partial charge < -0.3 is 9.15 Å². The van der Waals surface area contributed by atoms with Gasteiger partial charge in [-0.2, -0.15) is 0 Å². The summed E-state index contributed by atoms with van der Waals surface area (Å²) in [5, 5.41) is 8.31. The summed E-state index contributed by atoms with van der Waals surface area (Å²) >= 11 is 5.93. The zero-order chi connectivity index (χ0) is 24.8. The van der Waals surface area contributed by atoms with Crippen molar-refractivity contribution < 1.29 is 22.4 Å². The lowest BCUT2D eigenvalue weighted by Crippen LogP contribution is -2.31. The second-order valence-corrected chi connectivity index (χ2v) is 9.57. The fourth-order valence-electron chi connectivity index (χ4n) is 3.20. The molecule has 0 fully saturated rings. The van der Waals surface area contributed by atoms with Crippen molar-refractivity contribution in [2.24, 2.45) is 0 Å². The highest BCUT2D eigenvalue weighted by Gasteiger charge is 2.25. The molecule has 8 nitrogen and oxygen atoms in total. The Morgan fingerprint density at radius 2 is 1.77 bits per heavy atom. The minimum atomic E-state index is -4.01. The van der Waals surface area contributed by atoms with Crippen molar-refractivity contribution in [1.82, 2.24) is 10.2 Å². The first-order valence-electron chi connectivity index (χ1n) is 10.4. The van der Waals surface area contributed by atoms with Gasteiger partial charge in [0, 0.05) is 10.6 Å². The van der Waals surface area contributed by atoms with Gasteiger partial charge >= 0.3 is 5.97 Å². The molecule has 3 aromatic carbocycles. The van der Waals surface area contributed by atoms with Gasteiger partial charge in [-0.25, -0.2) is 13.2 Å². The van der Waals surface area contributed by atoms with Crippen molar-refractivity contribution in [1.29, 1.82) is 0 Å². The van der Waals surface area contributed by atoms with Crippen LogP contribution in [0.1, 0.15) is 16.2 Å². The molecule has 0 radical (unpaired) electrons. The predicted octanol–water partition coefficient (Wildman–Crippen LogP) is 5.13. The Morgan fingerprint density at radius 1 is 1.03 bits per heavy atom. The first-order valence-corrected chi connectivity index (χ1v) is 12.2. The van der Waals surface area contributed by atoms with Gasteiger partial charge in [0.05, 0.1) is 22.7 Å². The molecule has 10 heteroatoms. The summed E-state index contributed by atoms with van der Waals surface area (Å²) in [6.07, 6.45) is 1.47. The number of ether oxygens (including phenoxy) is 1. The molecule has 1 heterocycles. The van der Waals surface area contributed by atoms with Gasteiger partial charge in [0.1, 0.15) is 0 Å². The van der Waals surface area contributed by atoms with Gasteiger partial charge in [-0.1, -0.05) is 41.9 Å². The maximum absolute atomic E-state index is 13.4. The van der Waals surface area contributed by atoms with Crippen molar-refractivity contribution in [3.05, 3.63) is 108 Å². The average Bonchev–Trinajstić information content (AvgIpc) is 3.36. The Hall–Kier alpha value is -3.95. The number of sulfonamides is 1. The van der Waals surface area contributed by atoms with Gasteiger partial charge in [-0.15, -0.1) is 16.8 Å². The van der Waals surface area contributed by atoms with Gasteiger partial charge in [0.2, 0.25) is 5.89 Å². The van der Waals surface area contributed by atoms with Gasteiger partial charge in [0.25, 0.3) is 15.9 Å². The maximum Gasteiger partial charge on any atom is 0.338 e. The van der Waals surface area contributed by atoms with E-state index in [0.29, 0.717) is 16.6 Å². The number of hydrogen-bond donors (Lipinski definition) is 0. The Bertz CT molecular complexity index is 1440. The van der Waals surface area contributed by atoms with E-state index in [1.165, 1.54) is 34.6 Å². The Kier molecular flexibility index (Phi) is 7.28. The van der Waals surface area contributed by atoms with Crippen LogP contribution in [0.4, 0.5) is 5.69 Å². The SMILES string of the molecule is C=CCN(c1ccc(Cl)cc1)S(=O)(=O)c1cccc(C(=O)OCc2nnc(-c3ccccc3)o2)c1. The van der Waals surface area contributed by atoms with E-state index in [0.717, 1.165) is 5.56 Å². The van der Waals surface area contributed by atoms with E-state index in [1.54, 1.807) is 24.3 Å². The predicted molar refractivity (Wildman–Crippen MR) is 131 cm³/mol. The summed E-state index contributed by atoms with van der Waals surface area (Å²) in [6.45, 7) is 3.41. The standard InChI is InChI=1S/C25H20ClN3O5S/c1-2-15-29(21-13-11-20(26)12-14-21)35(31,32)22-10-6-9-19(16-22)25(30)33-17-23-27-28-24(34-23)18-7-4-3-5-8-18/h2-14,16H,1,15,17H2. The number of esters is 1. The number of carbonyl (C=O) groups excluding carboxylic acids is 1. The molecule has 0 N–H and O–H groups in total. The van der Waals surface area contributed by atoms with Crippen LogP contribution in [0.3, 0.4) is 0 Å². The number of anilines is 1. The molecule has 0 saturated carbocycles. The zero-order valence-corrected chi connectivity index (χ0v) is 19.9. The molecule has 0 saturated heterocycles. The monoisotopic (exact) mass is 509 g/mol. The van der Waals surface area contributed by atoms with Crippen molar-refractivity contribution in [2.45, 2.75) is 11.5 Å². The Labute approximate surface area is 207 Å². The highest BCUT2D eigenvalue weighted by Crippen LogP contribution is 2.26. The van der Waals surface area contributed by atoms with Crippen molar-refractivity contribution in [3.63, 3.8) is 0 Å². The van der Waals surface area contributed by atoms with Crippen LogP contribution < -0.4 is 4.31 Å². The normalized spacial score (nSPS) is 11.1. The molecule has 0 aliphatic carbocycles. The summed E-state index contributed by atoms with van der Waals surface area (Å²) in [5.74, 6) is -0.321. The second-order valence-electron chi connectivity index (χ2n) is 7.27. The van der Waals surface area contributed by atoms with Crippen LogP contribution in [-0.2, 0) is 21.4 Å². The van der Waals surface area contributed by atoms with E-state index in [-0.39, 0.29) is 29.5 Å². The minimum absolute atomic E-state index is 0.0273. The average molecular weight is 510 g/mol. The molecule has 0 atom stereocenters.